The maximum absolute atomic E-state index is 13.6. The molecule has 0 spiro atoms. The molecule has 7 nitrogen and oxygen atoms in total. The minimum atomic E-state index is -6.16. The standard InChI is InChI=1S/C26H22Cl2F6N2O5S/c1-15(16-3-9-19(41-2)10-4-16)35-23(37)14-36(42(39,40)20-11-12-21(27)22(28)13-20)18-7-5-17(6-8-18)24(38,25(29,30)31)26(32,33)34/h3-13,15,38H,14H2,1-2H3,(H,35,37). The number of hydrogen-bond donors (Lipinski definition) is 2. The highest BCUT2D eigenvalue weighted by Crippen LogP contribution is 2.50. The first-order valence-electron chi connectivity index (χ1n) is 11.7. The lowest BCUT2D eigenvalue weighted by atomic mass is 9.92. The minimum Gasteiger partial charge on any atom is -0.497 e. The van der Waals surface area contributed by atoms with Crippen molar-refractivity contribution in [1.29, 1.82) is 0 Å². The average Bonchev–Trinajstić information content (AvgIpc) is 2.91. The van der Waals surface area contributed by atoms with Crippen LogP contribution in [0.5, 0.6) is 5.75 Å². The number of sulfonamides is 1. The van der Waals surface area contributed by atoms with Crippen LogP contribution in [0.2, 0.25) is 10.0 Å². The molecule has 228 valence electrons. The molecule has 0 aliphatic carbocycles. The molecule has 0 fully saturated rings. The van der Waals surface area contributed by atoms with Crippen molar-refractivity contribution in [2.45, 2.75) is 35.8 Å². The van der Waals surface area contributed by atoms with Crippen LogP contribution < -0.4 is 14.4 Å². The molecule has 1 unspecified atom stereocenters. The number of rotatable bonds is 9. The van der Waals surface area contributed by atoms with Crippen LogP contribution in [0.4, 0.5) is 32.0 Å². The van der Waals surface area contributed by atoms with Gasteiger partial charge in [0.05, 0.1) is 33.8 Å². The molecule has 0 bridgehead atoms. The van der Waals surface area contributed by atoms with Gasteiger partial charge in [-0.25, -0.2) is 8.42 Å². The molecule has 0 aliphatic rings. The number of nitrogens with zero attached hydrogens (tertiary/aromatic N) is 1. The molecule has 3 rings (SSSR count). The fourth-order valence-electron chi connectivity index (χ4n) is 3.83. The number of nitrogens with one attached hydrogen (secondary N) is 1. The van der Waals surface area contributed by atoms with Gasteiger partial charge in [0.2, 0.25) is 5.91 Å². The number of methoxy groups -OCH3 is 1. The van der Waals surface area contributed by atoms with Crippen molar-refractivity contribution in [3.05, 3.63) is 87.9 Å². The van der Waals surface area contributed by atoms with E-state index in [-0.39, 0.29) is 22.2 Å². The Morgan fingerprint density at radius 3 is 1.95 bits per heavy atom. The Morgan fingerprint density at radius 2 is 1.48 bits per heavy atom. The molecular weight excluding hydrogens is 637 g/mol. The quantitative estimate of drug-likeness (QED) is 0.260. The predicted octanol–water partition coefficient (Wildman–Crippen LogP) is 6.39. The maximum Gasteiger partial charge on any atom is 0.430 e. The van der Waals surface area contributed by atoms with E-state index in [1.165, 1.54) is 7.11 Å². The van der Waals surface area contributed by atoms with Gasteiger partial charge >= 0.3 is 12.4 Å². The summed E-state index contributed by atoms with van der Waals surface area (Å²) in [5, 5.41) is 12.1. The Balaban J connectivity index is 2.03. The summed E-state index contributed by atoms with van der Waals surface area (Å²) in [5.41, 5.74) is -6.72. The smallest absolute Gasteiger partial charge is 0.430 e. The van der Waals surface area contributed by atoms with Gasteiger partial charge in [0, 0.05) is 5.56 Å². The summed E-state index contributed by atoms with van der Waals surface area (Å²) < 4.78 is 113. The molecular formula is C26H22Cl2F6N2O5S. The molecule has 0 saturated heterocycles. The highest BCUT2D eigenvalue weighted by Gasteiger charge is 2.71. The fourth-order valence-corrected chi connectivity index (χ4v) is 5.64. The number of anilines is 1. The van der Waals surface area contributed by atoms with Crippen molar-refractivity contribution in [1.82, 2.24) is 5.32 Å². The van der Waals surface area contributed by atoms with E-state index in [0.29, 0.717) is 27.8 Å². The van der Waals surface area contributed by atoms with Gasteiger partial charge in [-0.15, -0.1) is 0 Å². The molecule has 1 amide bonds. The van der Waals surface area contributed by atoms with Gasteiger partial charge in [-0.1, -0.05) is 47.5 Å². The summed E-state index contributed by atoms with van der Waals surface area (Å²) in [6, 6.07) is 10.8. The lowest BCUT2D eigenvalue weighted by Gasteiger charge is -2.33. The van der Waals surface area contributed by atoms with E-state index in [1.54, 1.807) is 31.2 Å². The monoisotopic (exact) mass is 658 g/mol. The normalized spacial score (nSPS) is 13.4. The van der Waals surface area contributed by atoms with Crippen LogP contribution in [0.1, 0.15) is 24.1 Å². The first-order valence-corrected chi connectivity index (χ1v) is 13.9. The summed E-state index contributed by atoms with van der Waals surface area (Å²) in [6.45, 7) is 0.659. The zero-order valence-electron chi connectivity index (χ0n) is 21.6. The van der Waals surface area contributed by atoms with Gasteiger partial charge in [0.15, 0.2) is 0 Å². The molecule has 0 heterocycles. The Bertz CT molecular complexity index is 1520. The lowest BCUT2D eigenvalue weighted by molar-refractivity contribution is -0.376. The number of carbonyl (C=O) groups is 1. The number of hydrogen-bond acceptors (Lipinski definition) is 5. The van der Waals surface area contributed by atoms with Crippen molar-refractivity contribution in [3.63, 3.8) is 0 Å². The molecule has 16 heteroatoms. The second-order valence-corrected chi connectivity index (χ2v) is 11.6. The van der Waals surface area contributed by atoms with Gasteiger partial charge in [-0.3, -0.25) is 9.10 Å². The number of aliphatic hydroxyl groups is 1. The van der Waals surface area contributed by atoms with E-state index < -0.39 is 62.6 Å². The summed E-state index contributed by atoms with van der Waals surface area (Å²) in [5.74, 6) is -0.323. The van der Waals surface area contributed by atoms with Crippen LogP contribution in [0.3, 0.4) is 0 Å². The molecule has 1 atom stereocenters. The highest BCUT2D eigenvalue weighted by molar-refractivity contribution is 7.92. The van der Waals surface area contributed by atoms with Crippen molar-refractivity contribution in [3.8, 4) is 5.75 Å². The summed E-state index contributed by atoms with van der Waals surface area (Å²) in [7, 11) is -3.24. The number of benzene rings is 3. The molecule has 3 aromatic rings. The number of carbonyl (C=O) groups excluding carboxylic acids is 1. The molecule has 0 radical (unpaired) electrons. The van der Waals surface area contributed by atoms with E-state index in [1.807, 2.05) is 0 Å². The first kappa shape index (κ1) is 33.3. The molecule has 0 saturated carbocycles. The summed E-state index contributed by atoms with van der Waals surface area (Å²) >= 11 is 11.8. The number of halogens is 8. The van der Waals surface area contributed by atoms with E-state index in [0.717, 1.165) is 18.2 Å². The zero-order chi connectivity index (χ0) is 31.7. The number of amides is 1. The molecule has 3 aromatic carbocycles. The van der Waals surface area contributed by atoms with Crippen molar-refractivity contribution in [2.24, 2.45) is 0 Å². The second kappa shape index (κ2) is 12.2. The third-order valence-electron chi connectivity index (χ3n) is 6.15. The zero-order valence-corrected chi connectivity index (χ0v) is 23.9. The number of ether oxygens (including phenoxy) is 1. The number of alkyl halides is 6. The Kier molecular flexibility index (Phi) is 9.67. The van der Waals surface area contributed by atoms with Crippen LogP contribution >= 0.6 is 23.2 Å². The fraction of sp³-hybridized carbons (Fsp3) is 0.269. The van der Waals surface area contributed by atoms with Crippen LogP contribution in [0, 0.1) is 0 Å². The third-order valence-corrected chi connectivity index (χ3v) is 8.66. The first-order chi connectivity index (χ1) is 19.3. The largest absolute Gasteiger partial charge is 0.497 e. The Labute approximate surface area is 246 Å². The Hall–Kier alpha value is -3.20. The van der Waals surface area contributed by atoms with E-state index in [9.17, 15) is 44.7 Å². The maximum atomic E-state index is 13.6. The van der Waals surface area contributed by atoms with Crippen LogP contribution in [0.15, 0.2) is 71.6 Å². The van der Waals surface area contributed by atoms with E-state index in [2.05, 4.69) is 5.32 Å². The van der Waals surface area contributed by atoms with Gasteiger partial charge in [-0.05, 0) is 55.0 Å². The van der Waals surface area contributed by atoms with Gasteiger partial charge in [-0.2, -0.15) is 26.3 Å². The third kappa shape index (κ3) is 6.72. The Morgan fingerprint density at radius 1 is 0.929 bits per heavy atom. The van der Waals surface area contributed by atoms with E-state index >= 15 is 0 Å². The van der Waals surface area contributed by atoms with Gasteiger partial charge in [0.25, 0.3) is 15.6 Å². The molecule has 0 aliphatic heterocycles. The van der Waals surface area contributed by atoms with Crippen molar-refractivity contribution < 1.29 is 49.4 Å². The SMILES string of the molecule is COc1ccc(C(C)NC(=O)CN(c2ccc(C(O)(C(F)(F)F)C(F)(F)F)cc2)S(=O)(=O)c2ccc(Cl)c(Cl)c2)cc1. The molecule has 42 heavy (non-hydrogen) atoms. The highest BCUT2D eigenvalue weighted by atomic mass is 35.5. The van der Waals surface area contributed by atoms with Crippen LogP contribution in [-0.4, -0.2) is 45.4 Å². The second-order valence-electron chi connectivity index (χ2n) is 8.90. The molecule has 2 N–H and O–H groups in total. The van der Waals surface area contributed by atoms with E-state index in [4.69, 9.17) is 27.9 Å². The van der Waals surface area contributed by atoms with Gasteiger partial charge < -0.3 is 15.2 Å². The molecule has 0 aromatic heterocycles. The van der Waals surface area contributed by atoms with Crippen molar-refractivity contribution in [2.75, 3.05) is 18.0 Å². The average molecular weight is 659 g/mol. The van der Waals surface area contributed by atoms with Gasteiger partial charge in [0.1, 0.15) is 12.3 Å². The summed E-state index contributed by atoms with van der Waals surface area (Å²) in [4.78, 5) is 12.5. The predicted molar refractivity (Wildman–Crippen MR) is 143 cm³/mol. The van der Waals surface area contributed by atoms with Crippen LogP contribution in [0.25, 0.3) is 0 Å². The van der Waals surface area contributed by atoms with Crippen LogP contribution in [-0.2, 0) is 20.4 Å². The minimum absolute atomic E-state index is 0.00355. The van der Waals surface area contributed by atoms with Crippen molar-refractivity contribution >= 4 is 44.8 Å². The summed E-state index contributed by atoms with van der Waals surface area (Å²) in [6.07, 6.45) is -12.3. The lowest BCUT2D eigenvalue weighted by Crippen LogP contribution is -2.53. The topological polar surface area (TPSA) is 95.9 Å².